The van der Waals surface area contributed by atoms with Gasteiger partial charge in [-0.25, -0.2) is 0 Å². The van der Waals surface area contributed by atoms with Crippen LogP contribution in [0, 0.1) is 10.1 Å². The molecule has 7 heteroatoms. The predicted molar refractivity (Wildman–Crippen MR) is 72.2 cm³/mol. The minimum absolute atomic E-state index is 0.0291. The molecule has 0 spiro atoms. The summed E-state index contributed by atoms with van der Waals surface area (Å²) in [6.45, 7) is 2.40. The van der Waals surface area contributed by atoms with Crippen LogP contribution in [0.3, 0.4) is 0 Å². The second kappa shape index (κ2) is 5.23. The van der Waals surface area contributed by atoms with Crippen LogP contribution in [-0.4, -0.2) is 23.4 Å². The number of nitro groups is 1. The van der Waals surface area contributed by atoms with E-state index in [1.165, 1.54) is 6.07 Å². The summed E-state index contributed by atoms with van der Waals surface area (Å²) < 4.78 is 0. The summed E-state index contributed by atoms with van der Waals surface area (Å²) >= 11 is 0. The average Bonchev–Trinajstić information content (AvgIpc) is 2.73. The van der Waals surface area contributed by atoms with Crippen molar-refractivity contribution in [3.05, 3.63) is 27.8 Å². The fraction of sp³-hybridized carbons (Fsp3) is 0.417. The van der Waals surface area contributed by atoms with Gasteiger partial charge in [-0.1, -0.05) is 6.92 Å². The van der Waals surface area contributed by atoms with E-state index < -0.39 is 4.92 Å². The highest BCUT2D eigenvalue weighted by Gasteiger charge is 2.24. The molecule has 1 heterocycles. The highest BCUT2D eigenvalue weighted by atomic mass is 16.6. The molecular formula is C12H16N4O3. The monoisotopic (exact) mass is 264 g/mol. The number of rotatable bonds is 5. The predicted octanol–water partition coefficient (Wildman–Crippen LogP) is 1.24. The Hall–Kier alpha value is -2.15. The topological polar surface area (TPSA) is 110 Å². The van der Waals surface area contributed by atoms with Crippen LogP contribution in [0.25, 0.3) is 0 Å². The molecule has 1 aliphatic rings. The number of benzene rings is 1. The lowest BCUT2D eigenvalue weighted by molar-refractivity contribution is -0.384. The van der Waals surface area contributed by atoms with Crippen molar-refractivity contribution in [2.75, 3.05) is 17.2 Å². The van der Waals surface area contributed by atoms with Crippen LogP contribution in [-0.2, 0) is 11.2 Å². The molecule has 102 valence electrons. The Morgan fingerprint density at radius 3 is 2.95 bits per heavy atom. The molecular weight excluding hydrogens is 248 g/mol. The number of carbonyl (C=O) groups excluding carboxylic acids is 1. The lowest BCUT2D eigenvalue weighted by atomic mass is 10.1. The van der Waals surface area contributed by atoms with Crippen LogP contribution in [0.15, 0.2) is 12.1 Å². The van der Waals surface area contributed by atoms with E-state index in [0.29, 0.717) is 23.5 Å². The Morgan fingerprint density at radius 2 is 2.32 bits per heavy atom. The maximum atomic E-state index is 11.3. The molecule has 7 nitrogen and oxygen atoms in total. The summed E-state index contributed by atoms with van der Waals surface area (Å²) in [5.41, 5.74) is 7.42. The van der Waals surface area contributed by atoms with Crippen LogP contribution in [0.2, 0.25) is 0 Å². The van der Waals surface area contributed by atoms with Crippen LogP contribution in [0.1, 0.15) is 18.9 Å². The van der Waals surface area contributed by atoms with Gasteiger partial charge in [0.1, 0.15) is 5.69 Å². The number of amides is 1. The van der Waals surface area contributed by atoms with E-state index in [9.17, 15) is 14.9 Å². The van der Waals surface area contributed by atoms with Crippen molar-refractivity contribution in [1.29, 1.82) is 0 Å². The van der Waals surface area contributed by atoms with Gasteiger partial charge in [0.25, 0.3) is 5.69 Å². The first-order chi connectivity index (χ1) is 9.01. The number of fused-ring (bicyclic) bond motifs is 1. The first-order valence-corrected chi connectivity index (χ1v) is 6.12. The van der Waals surface area contributed by atoms with Gasteiger partial charge in [0.2, 0.25) is 5.91 Å². The third-order valence-electron chi connectivity index (χ3n) is 3.12. The summed E-state index contributed by atoms with van der Waals surface area (Å²) in [5.74, 6) is -0.147. The first kappa shape index (κ1) is 13.3. The van der Waals surface area contributed by atoms with Gasteiger partial charge in [-0.05, 0) is 18.1 Å². The minimum atomic E-state index is -0.455. The van der Waals surface area contributed by atoms with E-state index in [2.05, 4.69) is 10.6 Å². The molecule has 0 aliphatic carbocycles. The van der Waals surface area contributed by atoms with Crippen molar-refractivity contribution in [1.82, 2.24) is 0 Å². The molecule has 1 aliphatic heterocycles. The number of hydrogen-bond donors (Lipinski definition) is 3. The molecule has 2 rings (SSSR count). The minimum Gasteiger partial charge on any atom is -0.378 e. The fourth-order valence-corrected chi connectivity index (χ4v) is 1.94. The van der Waals surface area contributed by atoms with Crippen LogP contribution in [0.4, 0.5) is 17.1 Å². The molecule has 4 N–H and O–H groups in total. The SMILES string of the molecule is CCC(N)CNc1cc2c(cc1[N+](=O)[O-])CC(=O)N2. The van der Waals surface area contributed by atoms with Gasteiger partial charge in [0, 0.05) is 24.3 Å². The maximum absolute atomic E-state index is 11.3. The van der Waals surface area contributed by atoms with Gasteiger partial charge in [-0.2, -0.15) is 0 Å². The number of anilines is 2. The van der Waals surface area contributed by atoms with Crippen molar-refractivity contribution in [2.24, 2.45) is 5.73 Å². The van der Waals surface area contributed by atoms with Gasteiger partial charge < -0.3 is 16.4 Å². The number of nitro benzene ring substituents is 1. The molecule has 1 atom stereocenters. The van der Waals surface area contributed by atoms with Gasteiger partial charge in [-0.15, -0.1) is 0 Å². The van der Waals surface area contributed by atoms with Gasteiger partial charge >= 0.3 is 0 Å². The number of nitrogens with one attached hydrogen (secondary N) is 2. The third kappa shape index (κ3) is 2.82. The molecule has 0 bridgehead atoms. The smallest absolute Gasteiger partial charge is 0.292 e. The Balaban J connectivity index is 2.28. The van der Waals surface area contributed by atoms with E-state index in [0.717, 1.165) is 6.42 Å². The van der Waals surface area contributed by atoms with E-state index in [1.807, 2.05) is 6.92 Å². The maximum Gasteiger partial charge on any atom is 0.292 e. The Kier molecular flexibility index (Phi) is 3.66. The van der Waals surface area contributed by atoms with Crippen LogP contribution < -0.4 is 16.4 Å². The Labute approximate surface area is 110 Å². The molecule has 0 fully saturated rings. The van der Waals surface area contributed by atoms with Crippen molar-refractivity contribution in [3.8, 4) is 0 Å². The lowest BCUT2D eigenvalue weighted by Gasteiger charge is -2.12. The molecule has 0 radical (unpaired) electrons. The molecule has 0 aromatic heterocycles. The molecule has 0 saturated heterocycles. The highest BCUT2D eigenvalue weighted by molar-refractivity contribution is 6.00. The quantitative estimate of drug-likeness (QED) is 0.547. The molecule has 1 unspecified atom stereocenters. The molecule has 19 heavy (non-hydrogen) atoms. The largest absolute Gasteiger partial charge is 0.378 e. The first-order valence-electron chi connectivity index (χ1n) is 6.12. The number of carbonyl (C=O) groups is 1. The average molecular weight is 264 g/mol. The van der Waals surface area contributed by atoms with Crippen molar-refractivity contribution < 1.29 is 9.72 Å². The Bertz CT molecular complexity index is 530. The molecule has 0 saturated carbocycles. The van der Waals surface area contributed by atoms with E-state index in [-0.39, 0.29) is 24.1 Å². The second-order valence-electron chi connectivity index (χ2n) is 4.56. The van der Waals surface area contributed by atoms with Crippen molar-refractivity contribution >= 4 is 23.0 Å². The zero-order valence-electron chi connectivity index (χ0n) is 10.6. The zero-order valence-corrected chi connectivity index (χ0v) is 10.6. The normalized spacial score (nSPS) is 14.7. The lowest BCUT2D eigenvalue weighted by Crippen LogP contribution is -2.28. The van der Waals surface area contributed by atoms with Crippen molar-refractivity contribution in [3.63, 3.8) is 0 Å². The van der Waals surface area contributed by atoms with Crippen molar-refractivity contribution in [2.45, 2.75) is 25.8 Å². The Morgan fingerprint density at radius 1 is 1.58 bits per heavy atom. The molecule has 1 aromatic carbocycles. The summed E-state index contributed by atoms with van der Waals surface area (Å²) in [5, 5.41) is 16.7. The summed E-state index contributed by atoms with van der Waals surface area (Å²) in [4.78, 5) is 21.9. The fourth-order valence-electron chi connectivity index (χ4n) is 1.94. The van der Waals surface area contributed by atoms with E-state index in [4.69, 9.17) is 5.73 Å². The molecule has 1 amide bonds. The van der Waals surface area contributed by atoms with E-state index in [1.54, 1.807) is 6.07 Å². The van der Waals surface area contributed by atoms with Crippen LogP contribution >= 0.6 is 0 Å². The number of nitrogens with zero attached hydrogens (tertiary/aromatic N) is 1. The third-order valence-corrected chi connectivity index (χ3v) is 3.12. The zero-order chi connectivity index (χ0) is 14.0. The summed E-state index contributed by atoms with van der Waals surface area (Å²) in [6, 6.07) is 2.97. The van der Waals surface area contributed by atoms with Gasteiger partial charge in [-0.3, -0.25) is 14.9 Å². The summed E-state index contributed by atoms with van der Waals surface area (Å²) in [6.07, 6.45) is 0.966. The molecule has 1 aromatic rings. The second-order valence-corrected chi connectivity index (χ2v) is 4.56. The van der Waals surface area contributed by atoms with Gasteiger partial charge in [0.15, 0.2) is 0 Å². The standard InChI is InChI=1S/C12H16N4O3/c1-2-8(13)6-14-10-5-9-7(4-12(17)15-9)3-11(10)16(18)19/h3,5,8,14H,2,4,6,13H2,1H3,(H,15,17). The van der Waals surface area contributed by atoms with Gasteiger partial charge in [0.05, 0.1) is 11.3 Å². The number of nitrogens with two attached hydrogens (primary N) is 1. The van der Waals surface area contributed by atoms with Crippen LogP contribution in [0.5, 0.6) is 0 Å². The highest BCUT2D eigenvalue weighted by Crippen LogP contribution is 2.34. The van der Waals surface area contributed by atoms with E-state index >= 15 is 0 Å². The summed E-state index contributed by atoms with van der Waals surface area (Å²) in [7, 11) is 0. The number of hydrogen-bond acceptors (Lipinski definition) is 5.